The number of carbonyl (C=O) groups is 1. The maximum atomic E-state index is 14.0. The third-order valence-electron chi connectivity index (χ3n) is 5.72. The second-order valence-corrected chi connectivity index (χ2v) is 7.76. The lowest BCUT2D eigenvalue weighted by atomic mass is 10.0. The topological polar surface area (TPSA) is 67.2 Å². The van der Waals surface area contributed by atoms with E-state index >= 15 is 0 Å². The predicted molar refractivity (Wildman–Crippen MR) is 112 cm³/mol. The summed E-state index contributed by atoms with van der Waals surface area (Å²) in [6.45, 7) is 5.57. The van der Waals surface area contributed by atoms with E-state index in [0.29, 0.717) is 24.9 Å². The molecule has 1 atom stereocenters. The molecule has 7 nitrogen and oxygen atoms in total. The number of anilines is 1. The minimum atomic E-state index is -0.907. The maximum absolute atomic E-state index is 14.0. The Bertz CT molecular complexity index is 1080. The van der Waals surface area contributed by atoms with Gasteiger partial charge in [-0.25, -0.2) is 17.9 Å². The Balaban J connectivity index is 1.34. The summed E-state index contributed by atoms with van der Waals surface area (Å²) >= 11 is 0. The Labute approximate surface area is 183 Å². The fourth-order valence-electron chi connectivity index (χ4n) is 3.84. The highest BCUT2D eigenvalue weighted by molar-refractivity contribution is 5.98. The normalized spacial score (nSPS) is 15.7. The van der Waals surface area contributed by atoms with Crippen LogP contribution in [0.15, 0.2) is 42.5 Å². The molecule has 3 aromatic rings. The molecule has 1 aliphatic heterocycles. The number of halogens is 3. The molecule has 2 heterocycles. The smallest absolute Gasteiger partial charge is 0.190 e. The van der Waals surface area contributed by atoms with Crippen molar-refractivity contribution in [2.45, 2.75) is 19.4 Å². The van der Waals surface area contributed by atoms with E-state index < -0.39 is 23.5 Å². The monoisotopic (exact) mass is 444 g/mol. The molecule has 2 aromatic carbocycles. The van der Waals surface area contributed by atoms with Crippen LogP contribution in [0.1, 0.15) is 29.1 Å². The third-order valence-corrected chi connectivity index (χ3v) is 5.72. The first kappa shape index (κ1) is 21.9. The zero-order valence-electron chi connectivity index (χ0n) is 17.6. The van der Waals surface area contributed by atoms with Crippen LogP contribution in [0, 0.1) is 17.5 Å². The largest absolute Gasteiger partial charge is 0.369 e. The first-order valence-electron chi connectivity index (χ1n) is 10.4. The molecule has 0 saturated carbocycles. The van der Waals surface area contributed by atoms with Crippen molar-refractivity contribution in [3.63, 3.8) is 0 Å². The van der Waals surface area contributed by atoms with E-state index in [-0.39, 0.29) is 11.4 Å². The van der Waals surface area contributed by atoms with Crippen LogP contribution in [-0.4, -0.2) is 63.6 Å². The quantitative estimate of drug-likeness (QED) is 0.522. The standard InChI is InChI=1S/C22H23F3N6O/c1-15(22(32)19-7-4-17(24)14-20(19)25)31-21(26-27-28-31)8-9-29-10-12-30(13-11-29)18-5-2-16(23)3-6-18/h2-7,14-15H,8-13H2,1H3. The van der Waals surface area contributed by atoms with Gasteiger partial charge in [0.25, 0.3) is 0 Å². The van der Waals surface area contributed by atoms with Crippen molar-refractivity contribution in [2.24, 2.45) is 0 Å². The molecule has 1 saturated heterocycles. The Morgan fingerprint density at radius 2 is 1.69 bits per heavy atom. The number of ketones is 1. The summed E-state index contributed by atoms with van der Waals surface area (Å²) < 4.78 is 41.7. The molecule has 1 unspecified atom stereocenters. The summed E-state index contributed by atoms with van der Waals surface area (Å²) in [5.74, 6) is -1.90. The summed E-state index contributed by atoms with van der Waals surface area (Å²) in [5.41, 5.74) is 0.799. The molecule has 0 radical (unpaired) electrons. The highest BCUT2D eigenvalue weighted by Crippen LogP contribution is 2.19. The number of benzene rings is 2. The van der Waals surface area contributed by atoms with Crippen molar-refractivity contribution in [2.75, 3.05) is 37.6 Å². The van der Waals surface area contributed by atoms with Crippen LogP contribution in [0.3, 0.4) is 0 Å². The van der Waals surface area contributed by atoms with Crippen molar-refractivity contribution >= 4 is 11.5 Å². The van der Waals surface area contributed by atoms with Gasteiger partial charge in [-0.3, -0.25) is 9.69 Å². The van der Waals surface area contributed by atoms with E-state index in [1.165, 1.54) is 16.8 Å². The molecule has 1 aromatic heterocycles. The first-order valence-corrected chi connectivity index (χ1v) is 10.4. The summed E-state index contributed by atoms with van der Waals surface area (Å²) in [5, 5.41) is 11.6. The Morgan fingerprint density at radius 1 is 1.00 bits per heavy atom. The zero-order chi connectivity index (χ0) is 22.7. The number of Topliss-reactive ketones (excluding diaryl/α,β-unsaturated/α-hetero) is 1. The lowest BCUT2D eigenvalue weighted by molar-refractivity contribution is 0.0920. The second kappa shape index (κ2) is 9.47. The number of hydrogen-bond donors (Lipinski definition) is 0. The molecule has 10 heteroatoms. The van der Waals surface area contributed by atoms with Crippen molar-refractivity contribution in [3.8, 4) is 0 Å². The predicted octanol–water partition coefficient (Wildman–Crippen LogP) is 2.90. The van der Waals surface area contributed by atoms with Gasteiger partial charge in [0.2, 0.25) is 0 Å². The summed E-state index contributed by atoms with van der Waals surface area (Å²) in [7, 11) is 0. The molecule has 0 bridgehead atoms. The van der Waals surface area contributed by atoms with Gasteiger partial charge in [-0.05, 0) is 53.7 Å². The van der Waals surface area contributed by atoms with Crippen molar-refractivity contribution < 1.29 is 18.0 Å². The average molecular weight is 444 g/mol. The molecule has 1 fully saturated rings. The molecule has 0 aliphatic carbocycles. The summed E-state index contributed by atoms with van der Waals surface area (Å²) in [4.78, 5) is 17.2. The molecule has 4 rings (SSSR count). The number of aromatic nitrogens is 4. The van der Waals surface area contributed by atoms with E-state index in [0.717, 1.165) is 44.0 Å². The lowest BCUT2D eigenvalue weighted by Gasteiger charge is -2.36. The number of hydrogen-bond acceptors (Lipinski definition) is 6. The average Bonchev–Trinajstić information content (AvgIpc) is 3.26. The number of tetrazole rings is 1. The van der Waals surface area contributed by atoms with Crippen LogP contribution < -0.4 is 4.90 Å². The van der Waals surface area contributed by atoms with Gasteiger partial charge in [-0.1, -0.05) is 0 Å². The van der Waals surface area contributed by atoms with Crippen LogP contribution in [0.5, 0.6) is 0 Å². The fraction of sp³-hybridized carbons (Fsp3) is 0.364. The van der Waals surface area contributed by atoms with Crippen molar-refractivity contribution in [1.29, 1.82) is 0 Å². The second-order valence-electron chi connectivity index (χ2n) is 7.76. The van der Waals surface area contributed by atoms with Gasteiger partial charge in [-0.15, -0.1) is 5.10 Å². The minimum absolute atomic E-state index is 0.197. The van der Waals surface area contributed by atoms with Crippen molar-refractivity contribution in [1.82, 2.24) is 25.1 Å². The van der Waals surface area contributed by atoms with E-state index in [9.17, 15) is 18.0 Å². The number of piperazine rings is 1. The first-order chi connectivity index (χ1) is 15.4. The molecule has 0 amide bonds. The Hall–Kier alpha value is -3.27. The zero-order valence-corrected chi connectivity index (χ0v) is 17.6. The number of carbonyl (C=O) groups excluding carboxylic acids is 1. The van der Waals surface area contributed by atoms with Crippen LogP contribution in [0.25, 0.3) is 0 Å². The summed E-state index contributed by atoms with van der Waals surface area (Å²) in [6, 6.07) is 8.53. The molecule has 168 valence electrons. The highest BCUT2D eigenvalue weighted by Gasteiger charge is 2.25. The van der Waals surface area contributed by atoms with Gasteiger partial charge in [0.05, 0.1) is 5.56 Å². The van der Waals surface area contributed by atoms with Crippen LogP contribution in [-0.2, 0) is 6.42 Å². The van der Waals surface area contributed by atoms with E-state index in [2.05, 4.69) is 25.3 Å². The Kier molecular flexibility index (Phi) is 6.50. The minimum Gasteiger partial charge on any atom is -0.369 e. The number of nitrogens with zero attached hydrogens (tertiary/aromatic N) is 6. The van der Waals surface area contributed by atoms with Gasteiger partial charge in [-0.2, -0.15) is 0 Å². The lowest BCUT2D eigenvalue weighted by Crippen LogP contribution is -2.47. The molecule has 0 N–H and O–H groups in total. The van der Waals surface area contributed by atoms with Gasteiger partial charge in [0, 0.05) is 50.9 Å². The summed E-state index contributed by atoms with van der Waals surface area (Å²) in [6.07, 6.45) is 0.521. The fourth-order valence-corrected chi connectivity index (χ4v) is 3.84. The van der Waals surface area contributed by atoms with E-state index in [4.69, 9.17) is 0 Å². The van der Waals surface area contributed by atoms with Crippen LogP contribution >= 0.6 is 0 Å². The SMILES string of the molecule is CC(C(=O)c1ccc(F)cc1F)n1nnnc1CCN1CCN(c2ccc(F)cc2)CC1. The van der Waals surface area contributed by atoms with Crippen LogP contribution in [0.2, 0.25) is 0 Å². The number of rotatable bonds is 7. The molecular weight excluding hydrogens is 421 g/mol. The van der Waals surface area contributed by atoms with Gasteiger partial charge >= 0.3 is 0 Å². The maximum Gasteiger partial charge on any atom is 0.190 e. The molecule has 0 spiro atoms. The van der Waals surface area contributed by atoms with Gasteiger partial charge in [0.1, 0.15) is 23.5 Å². The Morgan fingerprint density at radius 3 is 2.38 bits per heavy atom. The van der Waals surface area contributed by atoms with Gasteiger partial charge < -0.3 is 4.90 Å². The molecular formula is C22H23F3N6O. The van der Waals surface area contributed by atoms with E-state index in [1.807, 2.05) is 0 Å². The van der Waals surface area contributed by atoms with Crippen LogP contribution in [0.4, 0.5) is 18.9 Å². The highest BCUT2D eigenvalue weighted by atomic mass is 19.1. The van der Waals surface area contributed by atoms with Crippen molar-refractivity contribution in [3.05, 3.63) is 71.3 Å². The molecule has 32 heavy (non-hydrogen) atoms. The van der Waals surface area contributed by atoms with E-state index in [1.54, 1.807) is 19.1 Å². The van der Waals surface area contributed by atoms with Gasteiger partial charge in [0.15, 0.2) is 11.6 Å². The third kappa shape index (κ3) is 4.80. The molecule has 1 aliphatic rings.